The fraction of sp³-hybridized carbons (Fsp3) is 0.714. The van der Waals surface area contributed by atoms with Gasteiger partial charge < -0.3 is 9.67 Å². The van der Waals surface area contributed by atoms with Crippen molar-refractivity contribution in [2.45, 2.75) is 57.6 Å². The first-order valence-corrected chi connectivity index (χ1v) is 8.68. The molecule has 0 amide bonds. The van der Waals surface area contributed by atoms with Crippen LogP contribution in [0.25, 0.3) is 0 Å². The molecular weight excluding hydrogens is 276 g/mol. The maximum Gasteiger partial charge on any atom is 0.242 e. The minimum Gasteiger partial charge on any atom is -0.390 e. The van der Waals surface area contributed by atoms with Crippen LogP contribution >= 0.6 is 0 Å². The van der Waals surface area contributed by atoms with Gasteiger partial charge in [-0.3, -0.25) is 0 Å². The maximum absolute atomic E-state index is 12.3. The van der Waals surface area contributed by atoms with Crippen molar-refractivity contribution < 1.29 is 13.5 Å². The molecule has 5 nitrogen and oxygen atoms in total. The van der Waals surface area contributed by atoms with E-state index in [4.69, 9.17) is 0 Å². The zero-order valence-corrected chi connectivity index (χ0v) is 13.0. The van der Waals surface area contributed by atoms with Gasteiger partial charge in [-0.15, -0.1) is 0 Å². The lowest BCUT2D eigenvalue weighted by atomic mass is 9.71. The number of hydrogen-bond donors (Lipinski definition) is 2. The molecule has 0 unspecified atom stereocenters. The molecule has 6 heteroatoms. The molecule has 0 bridgehead atoms. The van der Waals surface area contributed by atoms with Crippen LogP contribution in [0.5, 0.6) is 0 Å². The van der Waals surface area contributed by atoms with E-state index in [2.05, 4.69) is 11.6 Å². The Kier molecular flexibility index (Phi) is 4.56. The molecule has 0 aromatic carbocycles. The second-order valence-corrected chi connectivity index (χ2v) is 7.77. The molecule has 1 fully saturated rings. The van der Waals surface area contributed by atoms with Crippen molar-refractivity contribution in [1.82, 2.24) is 9.29 Å². The van der Waals surface area contributed by atoms with E-state index in [0.717, 1.165) is 19.3 Å². The third-order valence-corrected chi connectivity index (χ3v) is 5.52. The van der Waals surface area contributed by atoms with E-state index >= 15 is 0 Å². The van der Waals surface area contributed by atoms with Crippen LogP contribution in [0.15, 0.2) is 17.2 Å². The summed E-state index contributed by atoms with van der Waals surface area (Å²) in [4.78, 5) is 0.248. The normalized spacial score (nSPS) is 17.9. The molecule has 1 aliphatic rings. The first kappa shape index (κ1) is 15.5. The zero-order valence-electron chi connectivity index (χ0n) is 12.2. The average molecular weight is 300 g/mol. The number of aliphatic hydroxyl groups is 1. The Morgan fingerprint density at radius 2 is 2.15 bits per heavy atom. The smallest absolute Gasteiger partial charge is 0.242 e. The molecule has 0 atom stereocenters. The van der Waals surface area contributed by atoms with Crippen LogP contribution in [-0.2, 0) is 23.2 Å². The summed E-state index contributed by atoms with van der Waals surface area (Å²) in [5.41, 5.74) is 0.751. The summed E-state index contributed by atoms with van der Waals surface area (Å²) in [5.74, 6) is 0. The summed E-state index contributed by atoms with van der Waals surface area (Å²) in [6.07, 6.45) is 5.84. The van der Waals surface area contributed by atoms with Crippen LogP contribution in [0, 0.1) is 5.41 Å². The number of nitrogens with zero attached hydrogens (tertiary/aromatic N) is 1. The molecule has 1 aromatic heterocycles. The van der Waals surface area contributed by atoms with Gasteiger partial charge in [-0.05, 0) is 30.7 Å². The predicted molar refractivity (Wildman–Crippen MR) is 77.8 cm³/mol. The lowest BCUT2D eigenvalue weighted by molar-refractivity contribution is 0.166. The van der Waals surface area contributed by atoms with E-state index in [1.165, 1.54) is 6.42 Å². The Labute approximate surface area is 121 Å². The second-order valence-electron chi connectivity index (χ2n) is 6.01. The number of hydrogen-bond acceptors (Lipinski definition) is 3. The van der Waals surface area contributed by atoms with Crippen molar-refractivity contribution in [3.05, 3.63) is 18.0 Å². The Bertz CT molecular complexity index is 559. The van der Waals surface area contributed by atoms with Crippen molar-refractivity contribution in [2.24, 2.45) is 5.41 Å². The highest BCUT2D eigenvalue weighted by Gasteiger charge is 2.33. The standard InChI is InChI=1S/C14H24N2O3S/c1-3-7-16-9-13(8-12(16)10-17)20(18,19)15-11-14(2)5-4-6-14/h8-9,15,17H,3-7,10-11H2,1-2H3. The highest BCUT2D eigenvalue weighted by atomic mass is 32.2. The van der Waals surface area contributed by atoms with Crippen LogP contribution in [0.2, 0.25) is 0 Å². The first-order chi connectivity index (χ1) is 9.40. The molecule has 2 N–H and O–H groups in total. The van der Waals surface area contributed by atoms with Crippen LogP contribution in [-0.4, -0.2) is 24.6 Å². The molecule has 1 aliphatic carbocycles. The minimum absolute atomic E-state index is 0.110. The van der Waals surface area contributed by atoms with Gasteiger partial charge in [-0.2, -0.15) is 0 Å². The van der Waals surface area contributed by atoms with Crippen molar-refractivity contribution in [3.63, 3.8) is 0 Å². The molecule has 1 heterocycles. The highest BCUT2D eigenvalue weighted by molar-refractivity contribution is 7.89. The van der Waals surface area contributed by atoms with Gasteiger partial charge in [-0.1, -0.05) is 20.3 Å². The number of sulfonamides is 1. The Balaban J connectivity index is 2.12. The van der Waals surface area contributed by atoms with Crippen LogP contribution in [0.1, 0.15) is 45.2 Å². The Hall–Kier alpha value is -0.850. The molecular formula is C14H24N2O3S. The topological polar surface area (TPSA) is 71.3 Å². The number of aryl methyl sites for hydroxylation is 1. The molecule has 0 saturated heterocycles. The third-order valence-electron chi connectivity index (χ3n) is 4.15. The van der Waals surface area contributed by atoms with Gasteiger partial charge in [0.25, 0.3) is 0 Å². The molecule has 1 saturated carbocycles. The lowest BCUT2D eigenvalue weighted by Crippen LogP contribution is -2.39. The maximum atomic E-state index is 12.3. The number of rotatable bonds is 7. The van der Waals surface area contributed by atoms with E-state index in [1.54, 1.807) is 16.8 Å². The molecule has 1 aromatic rings. The lowest BCUT2D eigenvalue weighted by Gasteiger charge is -2.38. The largest absolute Gasteiger partial charge is 0.390 e. The van der Waals surface area contributed by atoms with Crippen molar-refractivity contribution in [1.29, 1.82) is 0 Å². The summed E-state index contributed by atoms with van der Waals surface area (Å²) in [5, 5.41) is 9.29. The predicted octanol–water partition coefficient (Wildman–Crippen LogP) is 1.86. The number of aromatic nitrogens is 1. The van der Waals surface area contributed by atoms with Gasteiger partial charge in [0.1, 0.15) is 0 Å². The Morgan fingerprint density at radius 3 is 2.65 bits per heavy atom. The van der Waals surface area contributed by atoms with E-state index in [9.17, 15) is 13.5 Å². The summed E-state index contributed by atoms with van der Waals surface area (Å²) in [7, 11) is -3.48. The van der Waals surface area contributed by atoms with Crippen molar-refractivity contribution in [3.8, 4) is 0 Å². The molecule has 0 spiro atoms. The van der Waals surface area contributed by atoms with Gasteiger partial charge in [0.05, 0.1) is 11.5 Å². The monoisotopic (exact) mass is 300 g/mol. The van der Waals surface area contributed by atoms with Crippen LogP contribution in [0.3, 0.4) is 0 Å². The first-order valence-electron chi connectivity index (χ1n) is 7.20. The summed E-state index contributed by atoms with van der Waals surface area (Å²) >= 11 is 0. The molecule has 0 aliphatic heterocycles. The van der Waals surface area contributed by atoms with Gasteiger partial charge in [-0.25, -0.2) is 13.1 Å². The van der Waals surface area contributed by atoms with E-state index in [0.29, 0.717) is 18.8 Å². The summed E-state index contributed by atoms with van der Waals surface area (Å²) in [6.45, 7) is 5.19. The SMILES string of the molecule is CCCn1cc(S(=O)(=O)NCC2(C)CCC2)cc1CO. The summed E-state index contributed by atoms with van der Waals surface area (Å²) < 4.78 is 29.1. The van der Waals surface area contributed by atoms with E-state index in [1.807, 2.05) is 6.92 Å². The number of aliphatic hydroxyl groups excluding tert-OH is 1. The fourth-order valence-electron chi connectivity index (χ4n) is 2.56. The van der Waals surface area contributed by atoms with Gasteiger partial charge in [0, 0.05) is 25.0 Å². The number of nitrogens with one attached hydrogen (secondary N) is 1. The summed E-state index contributed by atoms with van der Waals surface area (Å²) in [6, 6.07) is 1.56. The third kappa shape index (κ3) is 3.24. The fourth-order valence-corrected chi connectivity index (χ4v) is 3.83. The van der Waals surface area contributed by atoms with Crippen LogP contribution < -0.4 is 4.72 Å². The minimum atomic E-state index is -3.48. The van der Waals surface area contributed by atoms with E-state index in [-0.39, 0.29) is 16.9 Å². The molecule has 20 heavy (non-hydrogen) atoms. The average Bonchev–Trinajstić information content (AvgIpc) is 2.79. The van der Waals surface area contributed by atoms with Gasteiger partial charge >= 0.3 is 0 Å². The Morgan fingerprint density at radius 1 is 1.45 bits per heavy atom. The van der Waals surface area contributed by atoms with Crippen molar-refractivity contribution in [2.75, 3.05) is 6.54 Å². The van der Waals surface area contributed by atoms with Gasteiger partial charge in [0.15, 0.2) is 0 Å². The molecule has 0 radical (unpaired) electrons. The molecule has 114 valence electrons. The highest BCUT2D eigenvalue weighted by Crippen LogP contribution is 2.39. The second kappa shape index (κ2) is 5.87. The van der Waals surface area contributed by atoms with Gasteiger partial charge in [0.2, 0.25) is 10.0 Å². The van der Waals surface area contributed by atoms with Crippen molar-refractivity contribution >= 4 is 10.0 Å². The zero-order chi connectivity index (χ0) is 14.8. The quantitative estimate of drug-likeness (QED) is 0.807. The molecule has 2 rings (SSSR count). The van der Waals surface area contributed by atoms with E-state index < -0.39 is 10.0 Å². The van der Waals surface area contributed by atoms with Crippen LogP contribution in [0.4, 0.5) is 0 Å².